The average molecular weight is 396 g/mol. The molecule has 4 unspecified atom stereocenters. The van der Waals surface area contributed by atoms with E-state index in [1.54, 1.807) is 4.90 Å². The second-order valence-corrected chi connectivity index (χ2v) is 8.10. The fourth-order valence-corrected chi connectivity index (χ4v) is 3.75. The molecule has 0 saturated carbocycles. The van der Waals surface area contributed by atoms with Crippen LogP contribution in [0.2, 0.25) is 0 Å². The van der Waals surface area contributed by atoms with Crippen LogP contribution in [0.5, 0.6) is 0 Å². The van der Waals surface area contributed by atoms with Gasteiger partial charge in [0.2, 0.25) is 17.7 Å². The minimum atomic E-state index is -1.14. The van der Waals surface area contributed by atoms with Gasteiger partial charge in [-0.3, -0.25) is 19.2 Å². The van der Waals surface area contributed by atoms with Crippen molar-refractivity contribution in [1.29, 1.82) is 0 Å². The minimum absolute atomic E-state index is 0.0560. The van der Waals surface area contributed by atoms with Gasteiger partial charge in [-0.2, -0.15) is 0 Å². The van der Waals surface area contributed by atoms with E-state index in [0.717, 1.165) is 25.8 Å². The summed E-state index contributed by atoms with van der Waals surface area (Å²) >= 11 is 0. The molecule has 2 heterocycles. The van der Waals surface area contributed by atoms with E-state index < -0.39 is 30.0 Å². The molecule has 158 valence electrons. The van der Waals surface area contributed by atoms with Gasteiger partial charge in [0.05, 0.1) is 6.04 Å². The summed E-state index contributed by atoms with van der Waals surface area (Å²) < 4.78 is 0. The maximum Gasteiger partial charge on any atom is 0.325 e. The molecule has 2 fully saturated rings. The SMILES string of the molecule is CC(C)CC(NC(=O)C1CCCN1C(=O)C1CCCN1)C(=O)NC(C)C(=O)O. The van der Waals surface area contributed by atoms with Crippen LogP contribution in [0.3, 0.4) is 0 Å². The number of hydrogen-bond donors (Lipinski definition) is 4. The number of nitrogens with one attached hydrogen (secondary N) is 3. The molecule has 0 spiro atoms. The molecule has 28 heavy (non-hydrogen) atoms. The molecule has 4 N–H and O–H groups in total. The van der Waals surface area contributed by atoms with Crippen LogP contribution in [0.1, 0.15) is 52.9 Å². The number of nitrogens with zero attached hydrogens (tertiary/aromatic N) is 1. The Morgan fingerprint density at radius 2 is 1.82 bits per heavy atom. The highest BCUT2D eigenvalue weighted by molar-refractivity contribution is 5.94. The molecular formula is C19H32N4O5. The lowest BCUT2D eigenvalue weighted by Crippen LogP contribution is -2.56. The van der Waals surface area contributed by atoms with Gasteiger partial charge in [0.25, 0.3) is 0 Å². The zero-order valence-corrected chi connectivity index (χ0v) is 16.9. The largest absolute Gasteiger partial charge is 0.480 e. The molecule has 9 heteroatoms. The van der Waals surface area contributed by atoms with E-state index in [4.69, 9.17) is 5.11 Å². The summed E-state index contributed by atoms with van der Waals surface area (Å²) in [4.78, 5) is 50.7. The molecule has 2 aliphatic heterocycles. The maximum atomic E-state index is 12.9. The van der Waals surface area contributed by atoms with Gasteiger partial charge in [0, 0.05) is 6.54 Å². The van der Waals surface area contributed by atoms with Crippen LogP contribution >= 0.6 is 0 Å². The Hall–Kier alpha value is -2.16. The van der Waals surface area contributed by atoms with Crippen LogP contribution in [0.15, 0.2) is 0 Å². The highest BCUT2D eigenvalue weighted by Crippen LogP contribution is 2.21. The molecule has 3 amide bonds. The summed E-state index contributed by atoms with van der Waals surface area (Å²) in [5, 5.41) is 17.3. The monoisotopic (exact) mass is 396 g/mol. The highest BCUT2D eigenvalue weighted by Gasteiger charge is 2.39. The molecule has 0 aliphatic carbocycles. The van der Waals surface area contributed by atoms with Gasteiger partial charge < -0.3 is 26.0 Å². The van der Waals surface area contributed by atoms with E-state index in [1.165, 1.54) is 6.92 Å². The van der Waals surface area contributed by atoms with Gasteiger partial charge in [-0.05, 0) is 51.5 Å². The van der Waals surface area contributed by atoms with Crippen molar-refractivity contribution in [2.45, 2.75) is 77.0 Å². The van der Waals surface area contributed by atoms with Crippen LogP contribution in [0.4, 0.5) is 0 Å². The topological polar surface area (TPSA) is 128 Å². The zero-order valence-electron chi connectivity index (χ0n) is 16.9. The van der Waals surface area contributed by atoms with Crippen LogP contribution < -0.4 is 16.0 Å². The normalized spacial score (nSPS) is 24.1. The van der Waals surface area contributed by atoms with E-state index in [1.807, 2.05) is 13.8 Å². The molecule has 0 aromatic rings. The summed E-state index contributed by atoms with van der Waals surface area (Å²) in [6, 6.07) is -2.71. The van der Waals surface area contributed by atoms with Crippen molar-refractivity contribution in [3.05, 3.63) is 0 Å². The minimum Gasteiger partial charge on any atom is -0.480 e. The predicted octanol–water partition coefficient (Wildman–Crippen LogP) is -0.150. The summed E-state index contributed by atoms with van der Waals surface area (Å²) in [6.45, 7) is 6.56. The molecule has 0 aromatic carbocycles. The Labute approximate surface area is 165 Å². The van der Waals surface area contributed by atoms with Crippen molar-refractivity contribution >= 4 is 23.7 Å². The van der Waals surface area contributed by atoms with Crippen LogP contribution in [0.25, 0.3) is 0 Å². The van der Waals surface area contributed by atoms with Gasteiger partial charge in [-0.1, -0.05) is 13.8 Å². The number of carboxylic acids is 1. The first kappa shape index (κ1) is 22.1. The van der Waals surface area contributed by atoms with Crippen molar-refractivity contribution in [3.8, 4) is 0 Å². The summed E-state index contributed by atoms with van der Waals surface area (Å²) in [5.74, 6) is -1.95. The summed E-state index contributed by atoms with van der Waals surface area (Å²) in [6.07, 6.45) is 3.41. The number of carboxylic acid groups (broad SMARTS) is 1. The molecule has 2 rings (SSSR count). The number of hydrogen-bond acceptors (Lipinski definition) is 5. The number of carbonyl (C=O) groups is 4. The number of rotatable bonds is 8. The molecule has 2 saturated heterocycles. The first-order chi connectivity index (χ1) is 13.2. The molecule has 9 nitrogen and oxygen atoms in total. The number of aliphatic carboxylic acids is 1. The van der Waals surface area contributed by atoms with E-state index in [0.29, 0.717) is 19.4 Å². The first-order valence-corrected chi connectivity index (χ1v) is 10.1. The zero-order chi connectivity index (χ0) is 20.8. The standard InChI is InChI=1S/C19H32N4O5/c1-11(2)10-14(16(24)21-12(3)19(27)28)22-17(25)15-7-5-9-23(15)18(26)13-6-4-8-20-13/h11-15,20H,4-10H2,1-3H3,(H,21,24)(H,22,25)(H,27,28). The van der Waals surface area contributed by atoms with Crippen molar-refractivity contribution in [3.63, 3.8) is 0 Å². The third kappa shape index (κ3) is 5.67. The third-order valence-corrected chi connectivity index (χ3v) is 5.27. The molecule has 2 aliphatic rings. The first-order valence-electron chi connectivity index (χ1n) is 10.1. The maximum absolute atomic E-state index is 12.9. The van der Waals surface area contributed by atoms with E-state index in [-0.39, 0.29) is 23.8 Å². The molecular weight excluding hydrogens is 364 g/mol. The molecule has 0 radical (unpaired) electrons. The quantitative estimate of drug-likeness (QED) is 0.452. The third-order valence-electron chi connectivity index (χ3n) is 5.27. The Balaban J connectivity index is 2.03. The lowest BCUT2D eigenvalue weighted by atomic mass is 10.0. The lowest BCUT2D eigenvalue weighted by molar-refractivity contribution is -0.142. The van der Waals surface area contributed by atoms with Crippen molar-refractivity contribution in [2.75, 3.05) is 13.1 Å². The Bertz CT molecular complexity index is 603. The average Bonchev–Trinajstić information content (AvgIpc) is 3.31. The second-order valence-electron chi connectivity index (χ2n) is 8.10. The Morgan fingerprint density at radius 1 is 1.11 bits per heavy atom. The van der Waals surface area contributed by atoms with E-state index in [9.17, 15) is 19.2 Å². The molecule has 4 atom stereocenters. The van der Waals surface area contributed by atoms with E-state index in [2.05, 4.69) is 16.0 Å². The van der Waals surface area contributed by atoms with Crippen molar-refractivity contribution in [1.82, 2.24) is 20.9 Å². The highest BCUT2D eigenvalue weighted by atomic mass is 16.4. The summed E-state index contributed by atoms with van der Waals surface area (Å²) in [5.41, 5.74) is 0. The van der Waals surface area contributed by atoms with Gasteiger partial charge in [-0.15, -0.1) is 0 Å². The smallest absolute Gasteiger partial charge is 0.325 e. The Morgan fingerprint density at radius 3 is 2.39 bits per heavy atom. The fraction of sp³-hybridized carbons (Fsp3) is 0.789. The Kier molecular flexibility index (Phi) is 7.79. The lowest BCUT2D eigenvalue weighted by Gasteiger charge is -2.29. The number of amides is 3. The van der Waals surface area contributed by atoms with Crippen LogP contribution in [-0.2, 0) is 19.2 Å². The molecule has 0 aromatic heterocycles. The van der Waals surface area contributed by atoms with Gasteiger partial charge in [-0.25, -0.2) is 0 Å². The summed E-state index contributed by atoms with van der Waals surface area (Å²) in [7, 11) is 0. The van der Waals surface area contributed by atoms with Gasteiger partial charge >= 0.3 is 5.97 Å². The number of likely N-dealkylation sites (tertiary alicyclic amines) is 1. The van der Waals surface area contributed by atoms with Gasteiger partial charge in [0.1, 0.15) is 18.1 Å². The van der Waals surface area contributed by atoms with Gasteiger partial charge in [0.15, 0.2) is 0 Å². The molecule has 0 bridgehead atoms. The number of carbonyl (C=O) groups excluding carboxylic acids is 3. The second kappa shape index (κ2) is 9.86. The van der Waals surface area contributed by atoms with Crippen molar-refractivity contribution in [2.24, 2.45) is 5.92 Å². The van der Waals surface area contributed by atoms with Crippen molar-refractivity contribution < 1.29 is 24.3 Å². The fourth-order valence-electron chi connectivity index (χ4n) is 3.75. The van der Waals surface area contributed by atoms with Crippen LogP contribution in [-0.4, -0.2) is 71.0 Å². The van der Waals surface area contributed by atoms with Crippen LogP contribution in [0, 0.1) is 5.92 Å². The van der Waals surface area contributed by atoms with E-state index >= 15 is 0 Å². The predicted molar refractivity (Wildman–Crippen MR) is 102 cm³/mol.